The minimum Gasteiger partial charge on any atom is -0.416 e. The first-order valence-corrected chi connectivity index (χ1v) is 12.5. The van der Waals surface area contributed by atoms with Gasteiger partial charge in [0, 0.05) is 10.6 Å². The van der Waals surface area contributed by atoms with Gasteiger partial charge >= 0.3 is 0 Å². The average molecular weight is 487 g/mol. The van der Waals surface area contributed by atoms with E-state index in [0.29, 0.717) is 21.7 Å². The van der Waals surface area contributed by atoms with Crippen LogP contribution < -0.4 is 5.32 Å². The molecule has 30 heavy (non-hydrogen) atoms. The Morgan fingerprint density at radius 2 is 1.83 bits per heavy atom. The number of thioether (sulfide) groups is 1. The summed E-state index contributed by atoms with van der Waals surface area (Å²) in [7, 11) is -3.54. The van der Waals surface area contributed by atoms with Crippen LogP contribution in [0, 0.1) is 5.41 Å². The molecule has 160 valence electrons. The molecule has 3 atom stereocenters. The Bertz CT molecular complexity index is 1140. The van der Waals surface area contributed by atoms with Crippen molar-refractivity contribution in [3.05, 3.63) is 41.3 Å². The van der Waals surface area contributed by atoms with Crippen LogP contribution in [0.5, 0.6) is 0 Å². The number of allylic oxidation sites excluding steroid dienone is 1. The molecule has 0 saturated carbocycles. The first-order valence-electron chi connectivity index (χ1n) is 9.15. The van der Waals surface area contributed by atoms with Crippen molar-refractivity contribution in [2.24, 2.45) is 0 Å². The van der Waals surface area contributed by atoms with E-state index in [1.807, 2.05) is 0 Å². The van der Waals surface area contributed by atoms with Crippen LogP contribution in [-0.2, 0) is 9.84 Å². The number of aromatic nitrogens is 2. The van der Waals surface area contributed by atoms with Crippen LogP contribution in [0.15, 0.2) is 34.8 Å². The molecule has 1 fully saturated rings. The Hall–Kier alpha value is -1.55. The molecule has 0 amide bonds. The molecule has 2 aliphatic rings. The Morgan fingerprint density at radius 1 is 1.20 bits per heavy atom. The van der Waals surface area contributed by atoms with E-state index in [1.54, 1.807) is 37.3 Å². The molecule has 2 aromatic rings. The number of rotatable bonds is 3. The van der Waals surface area contributed by atoms with Gasteiger partial charge in [-0.1, -0.05) is 11.6 Å². The molecular weight excluding hydrogens is 467 g/mol. The van der Waals surface area contributed by atoms with Crippen LogP contribution in [0.1, 0.15) is 26.7 Å². The maximum Gasteiger partial charge on any atom is 0.254 e. The third-order valence-corrected chi connectivity index (χ3v) is 10.6. The smallest absolute Gasteiger partial charge is 0.254 e. The lowest BCUT2D eigenvalue weighted by molar-refractivity contribution is 0.417. The maximum atomic E-state index is 12.8. The molecule has 0 bridgehead atoms. The number of halogens is 2. The molecule has 1 aromatic heterocycles. The van der Waals surface area contributed by atoms with Crippen molar-refractivity contribution < 1.29 is 12.8 Å². The second-order valence-corrected chi connectivity index (χ2v) is 12.8. The SMILES string of the molecule is CC1(C)C(=N)N[C@](C)(C2SC(c3nnc(-c4ccc(Cl)cc4)o3)=CC2Cl)CS1(=O)=O. The third-order valence-electron chi connectivity index (χ3n) is 5.49. The molecule has 0 spiro atoms. The Kier molecular flexibility index (Phi) is 5.24. The zero-order chi connectivity index (χ0) is 21.9. The van der Waals surface area contributed by atoms with Gasteiger partial charge in [0.05, 0.1) is 26.8 Å². The summed E-state index contributed by atoms with van der Waals surface area (Å²) >= 11 is 13.9. The van der Waals surface area contributed by atoms with Crippen LogP contribution >= 0.6 is 35.0 Å². The second kappa shape index (κ2) is 7.25. The summed E-state index contributed by atoms with van der Waals surface area (Å²) < 4.78 is 30.2. The van der Waals surface area contributed by atoms with Crippen molar-refractivity contribution in [3.63, 3.8) is 0 Å². The highest BCUT2D eigenvalue weighted by Crippen LogP contribution is 2.47. The van der Waals surface area contributed by atoms with E-state index in [4.69, 9.17) is 33.0 Å². The highest BCUT2D eigenvalue weighted by Gasteiger charge is 2.55. The van der Waals surface area contributed by atoms with Crippen molar-refractivity contribution in [3.8, 4) is 11.5 Å². The molecule has 0 radical (unpaired) electrons. The lowest BCUT2D eigenvalue weighted by atomic mass is 9.95. The van der Waals surface area contributed by atoms with Crippen molar-refractivity contribution in [2.45, 2.75) is 41.7 Å². The highest BCUT2D eigenvalue weighted by molar-refractivity contribution is 8.09. The quantitative estimate of drug-likeness (QED) is 0.631. The maximum absolute atomic E-state index is 12.8. The fourth-order valence-electron chi connectivity index (χ4n) is 3.46. The minimum atomic E-state index is -3.54. The Labute approximate surface area is 189 Å². The summed E-state index contributed by atoms with van der Waals surface area (Å²) in [4.78, 5) is 0.685. The van der Waals surface area contributed by atoms with Crippen LogP contribution in [0.2, 0.25) is 5.02 Å². The summed E-state index contributed by atoms with van der Waals surface area (Å²) in [5.41, 5.74) is -0.178. The molecule has 4 rings (SSSR count). The van der Waals surface area contributed by atoms with Gasteiger partial charge in [-0.05, 0) is 51.1 Å². The zero-order valence-corrected chi connectivity index (χ0v) is 19.6. The Morgan fingerprint density at radius 3 is 2.47 bits per heavy atom. The zero-order valence-electron chi connectivity index (χ0n) is 16.4. The van der Waals surface area contributed by atoms with Gasteiger partial charge in [0.1, 0.15) is 10.6 Å². The molecule has 11 heteroatoms. The van der Waals surface area contributed by atoms with Crippen LogP contribution in [0.4, 0.5) is 0 Å². The summed E-state index contributed by atoms with van der Waals surface area (Å²) in [6.07, 6.45) is 1.79. The molecular formula is C19H20Cl2N4O3S2. The molecule has 2 N–H and O–H groups in total. The van der Waals surface area contributed by atoms with E-state index in [9.17, 15) is 8.42 Å². The predicted molar refractivity (Wildman–Crippen MR) is 121 cm³/mol. The molecule has 0 aliphatic carbocycles. The van der Waals surface area contributed by atoms with Gasteiger partial charge in [-0.3, -0.25) is 5.41 Å². The molecule has 2 unspecified atom stereocenters. The van der Waals surface area contributed by atoms with E-state index in [0.717, 1.165) is 5.56 Å². The number of nitrogens with zero attached hydrogens (tertiary/aromatic N) is 2. The molecule has 2 aliphatic heterocycles. The minimum absolute atomic E-state index is 0.0306. The van der Waals surface area contributed by atoms with Gasteiger partial charge in [0.25, 0.3) is 5.89 Å². The van der Waals surface area contributed by atoms with Gasteiger partial charge in [-0.15, -0.1) is 33.6 Å². The highest BCUT2D eigenvalue weighted by atomic mass is 35.5. The lowest BCUT2D eigenvalue weighted by Gasteiger charge is -2.46. The molecule has 1 aromatic carbocycles. The number of hydrogen-bond acceptors (Lipinski definition) is 7. The second-order valence-electron chi connectivity index (χ2n) is 8.12. The number of nitrogens with one attached hydrogen (secondary N) is 2. The summed E-state index contributed by atoms with van der Waals surface area (Å²) in [5, 5.41) is 19.4. The van der Waals surface area contributed by atoms with E-state index in [1.165, 1.54) is 25.6 Å². The standard InChI is InChI=1S/C19H20Cl2N4O3S2/c1-18(2)17(22)23-19(3,9-30(18,26)27)14-12(21)8-13(29-14)16-25-24-15(28-16)10-4-6-11(20)7-5-10/h4-8,12,14H,9H2,1-3H3,(H2,22,23)/t12?,14?,19-/m0/s1. The number of alkyl halides is 1. The van der Waals surface area contributed by atoms with Gasteiger partial charge in [0.15, 0.2) is 9.84 Å². The predicted octanol–water partition coefficient (Wildman–Crippen LogP) is 3.99. The van der Waals surface area contributed by atoms with Gasteiger partial charge in [-0.2, -0.15) is 0 Å². The van der Waals surface area contributed by atoms with E-state index in [-0.39, 0.29) is 16.8 Å². The average Bonchev–Trinajstić information content (AvgIpc) is 3.27. The van der Waals surface area contributed by atoms with Crippen LogP contribution in [-0.4, -0.2) is 51.1 Å². The van der Waals surface area contributed by atoms with Crippen molar-refractivity contribution in [2.75, 3.05) is 5.75 Å². The first kappa shape index (κ1) is 21.7. The van der Waals surface area contributed by atoms with Gasteiger partial charge in [0.2, 0.25) is 5.89 Å². The Balaban J connectivity index is 1.57. The number of amidine groups is 1. The topological polar surface area (TPSA) is 109 Å². The van der Waals surface area contributed by atoms with Crippen LogP contribution in [0.25, 0.3) is 16.4 Å². The van der Waals surface area contributed by atoms with Crippen molar-refractivity contribution >= 4 is 55.5 Å². The van der Waals surface area contributed by atoms with Crippen molar-refractivity contribution in [1.82, 2.24) is 15.5 Å². The van der Waals surface area contributed by atoms with Crippen LogP contribution in [0.3, 0.4) is 0 Å². The van der Waals surface area contributed by atoms with E-state index in [2.05, 4.69) is 15.5 Å². The first-order chi connectivity index (χ1) is 13.9. The molecule has 3 heterocycles. The van der Waals surface area contributed by atoms with Crippen molar-refractivity contribution in [1.29, 1.82) is 5.41 Å². The summed E-state index contributed by atoms with van der Waals surface area (Å²) in [5.74, 6) is 0.510. The number of hydrogen-bond donors (Lipinski definition) is 2. The normalized spacial score (nSPS) is 30.0. The fraction of sp³-hybridized carbons (Fsp3) is 0.421. The van der Waals surface area contributed by atoms with E-state index < -0.39 is 25.5 Å². The molecule has 1 saturated heterocycles. The monoisotopic (exact) mass is 486 g/mol. The summed E-state index contributed by atoms with van der Waals surface area (Å²) in [6, 6.07) is 7.05. The van der Waals surface area contributed by atoms with Gasteiger partial charge in [-0.25, -0.2) is 8.42 Å². The van der Waals surface area contributed by atoms with E-state index >= 15 is 0 Å². The fourth-order valence-corrected chi connectivity index (χ4v) is 7.39. The lowest BCUT2D eigenvalue weighted by Crippen LogP contribution is -2.69. The largest absolute Gasteiger partial charge is 0.416 e. The summed E-state index contributed by atoms with van der Waals surface area (Å²) in [6.45, 7) is 4.86. The molecule has 7 nitrogen and oxygen atoms in total. The number of sulfone groups is 1. The van der Waals surface area contributed by atoms with Gasteiger partial charge < -0.3 is 9.73 Å². The third kappa shape index (κ3) is 3.55. The number of benzene rings is 1.